The van der Waals surface area contributed by atoms with Crippen LogP contribution >= 0.6 is 0 Å². The van der Waals surface area contributed by atoms with Crippen LogP contribution in [-0.4, -0.2) is 50.7 Å². The lowest BCUT2D eigenvalue weighted by Crippen LogP contribution is -2.48. The Bertz CT molecular complexity index is 768. The normalized spacial score (nSPS) is 14.4. The molecule has 3 rings (SSSR count). The molecule has 27 heavy (non-hydrogen) atoms. The summed E-state index contributed by atoms with van der Waals surface area (Å²) in [7, 11) is 1.69. The maximum Gasteiger partial charge on any atom is 0.254 e. The molecule has 0 radical (unpaired) electrons. The van der Waals surface area contributed by atoms with Crippen LogP contribution in [0.5, 0.6) is 11.5 Å². The van der Waals surface area contributed by atoms with E-state index in [1.54, 1.807) is 7.11 Å². The number of rotatable bonds is 6. The number of hydrogen-bond acceptors (Lipinski definition) is 4. The molecule has 0 aliphatic carbocycles. The first kappa shape index (κ1) is 19.1. The van der Waals surface area contributed by atoms with Crippen LogP contribution in [0.2, 0.25) is 0 Å². The van der Waals surface area contributed by atoms with Crippen molar-refractivity contribution in [1.29, 1.82) is 0 Å². The molecule has 144 valence electrons. The fraction of sp³-hybridized carbons (Fsp3) is 0.409. The number of carbonyl (C=O) groups is 1. The van der Waals surface area contributed by atoms with Gasteiger partial charge in [-0.1, -0.05) is 32.0 Å². The first-order chi connectivity index (χ1) is 13.1. The Kier molecular flexibility index (Phi) is 6.22. The highest BCUT2D eigenvalue weighted by Gasteiger charge is 2.23. The molecule has 1 amide bonds. The van der Waals surface area contributed by atoms with E-state index < -0.39 is 0 Å². The molecule has 5 nitrogen and oxygen atoms in total. The highest BCUT2D eigenvalue weighted by molar-refractivity contribution is 5.94. The lowest BCUT2D eigenvalue weighted by Gasteiger charge is -2.36. The van der Waals surface area contributed by atoms with Crippen molar-refractivity contribution in [2.45, 2.75) is 13.8 Å². The number of amides is 1. The summed E-state index contributed by atoms with van der Waals surface area (Å²) in [5, 5.41) is 0. The standard InChI is InChI=1S/C22H28N2O3/c1-17(2)16-27-19-8-6-7-18(15-19)22(25)24-13-11-23(12-14-24)20-9-4-5-10-21(20)26-3/h4-10,15,17H,11-14,16H2,1-3H3. The second-order valence-corrected chi connectivity index (χ2v) is 7.18. The third kappa shape index (κ3) is 4.73. The Balaban J connectivity index is 1.62. The minimum Gasteiger partial charge on any atom is -0.495 e. The average Bonchev–Trinajstić information content (AvgIpc) is 2.72. The summed E-state index contributed by atoms with van der Waals surface area (Å²) in [6, 6.07) is 15.5. The topological polar surface area (TPSA) is 42.0 Å². The Morgan fingerprint density at radius 1 is 1.04 bits per heavy atom. The second kappa shape index (κ2) is 8.80. The van der Waals surface area contributed by atoms with Crippen molar-refractivity contribution >= 4 is 11.6 Å². The summed E-state index contributed by atoms with van der Waals surface area (Å²) >= 11 is 0. The van der Waals surface area contributed by atoms with Crippen molar-refractivity contribution in [2.75, 3.05) is 44.8 Å². The molecule has 2 aromatic rings. The zero-order valence-electron chi connectivity index (χ0n) is 16.4. The molecule has 1 aliphatic heterocycles. The minimum absolute atomic E-state index is 0.0599. The molecule has 0 aromatic heterocycles. The first-order valence-electron chi connectivity index (χ1n) is 9.48. The number of benzene rings is 2. The predicted molar refractivity (Wildman–Crippen MR) is 108 cm³/mol. The molecule has 2 aromatic carbocycles. The Morgan fingerprint density at radius 2 is 1.78 bits per heavy atom. The van der Waals surface area contributed by atoms with Crippen molar-refractivity contribution in [2.24, 2.45) is 5.92 Å². The van der Waals surface area contributed by atoms with Crippen LogP contribution in [0.1, 0.15) is 24.2 Å². The molecule has 1 heterocycles. The van der Waals surface area contributed by atoms with Crippen LogP contribution in [0.4, 0.5) is 5.69 Å². The number of methoxy groups -OCH3 is 1. The van der Waals surface area contributed by atoms with Crippen LogP contribution in [0.3, 0.4) is 0 Å². The van der Waals surface area contributed by atoms with E-state index in [1.165, 1.54) is 0 Å². The average molecular weight is 368 g/mol. The molecule has 1 saturated heterocycles. The maximum atomic E-state index is 12.9. The summed E-state index contributed by atoms with van der Waals surface area (Å²) in [4.78, 5) is 17.1. The van der Waals surface area contributed by atoms with Crippen LogP contribution in [0.15, 0.2) is 48.5 Å². The summed E-state index contributed by atoms with van der Waals surface area (Å²) in [5.74, 6) is 2.13. The van der Waals surface area contributed by atoms with Crippen LogP contribution in [0.25, 0.3) is 0 Å². The number of piperazine rings is 1. The van der Waals surface area contributed by atoms with Crippen LogP contribution in [0, 0.1) is 5.92 Å². The highest BCUT2D eigenvalue weighted by atomic mass is 16.5. The molecule has 5 heteroatoms. The molecule has 0 spiro atoms. The Morgan fingerprint density at radius 3 is 2.48 bits per heavy atom. The van der Waals surface area contributed by atoms with Gasteiger partial charge in [0.25, 0.3) is 5.91 Å². The van der Waals surface area contributed by atoms with E-state index >= 15 is 0 Å². The van der Waals surface area contributed by atoms with Crippen molar-refractivity contribution < 1.29 is 14.3 Å². The molecule has 0 saturated carbocycles. The molecule has 1 aliphatic rings. The van der Waals surface area contributed by atoms with Gasteiger partial charge in [0.1, 0.15) is 11.5 Å². The fourth-order valence-electron chi connectivity index (χ4n) is 3.21. The lowest BCUT2D eigenvalue weighted by atomic mass is 10.1. The molecule has 0 atom stereocenters. The number of nitrogens with zero attached hydrogens (tertiary/aromatic N) is 2. The lowest BCUT2D eigenvalue weighted by molar-refractivity contribution is 0.0746. The van der Waals surface area contributed by atoms with E-state index in [0.29, 0.717) is 31.2 Å². The van der Waals surface area contributed by atoms with Gasteiger partial charge in [0.05, 0.1) is 19.4 Å². The van der Waals surface area contributed by atoms with E-state index in [4.69, 9.17) is 9.47 Å². The van der Waals surface area contributed by atoms with E-state index in [0.717, 1.165) is 30.3 Å². The molecule has 0 unspecified atom stereocenters. The Labute approximate surface area is 161 Å². The zero-order chi connectivity index (χ0) is 19.2. The zero-order valence-corrected chi connectivity index (χ0v) is 16.4. The molecule has 0 N–H and O–H groups in total. The monoisotopic (exact) mass is 368 g/mol. The smallest absolute Gasteiger partial charge is 0.254 e. The van der Waals surface area contributed by atoms with Gasteiger partial charge in [0.15, 0.2) is 0 Å². The molecule has 1 fully saturated rings. The third-order valence-electron chi connectivity index (χ3n) is 4.66. The van der Waals surface area contributed by atoms with Gasteiger partial charge in [-0.25, -0.2) is 0 Å². The predicted octanol–water partition coefficient (Wildman–Crippen LogP) is 3.69. The van der Waals surface area contributed by atoms with E-state index in [1.807, 2.05) is 47.4 Å². The summed E-state index contributed by atoms with van der Waals surface area (Å²) < 4.78 is 11.2. The van der Waals surface area contributed by atoms with E-state index in [2.05, 4.69) is 24.8 Å². The number of carbonyl (C=O) groups excluding carboxylic acids is 1. The number of para-hydroxylation sites is 2. The first-order valence-corrected chi connectivity index (χ1v) is 9.48. The van der Waals surface area contributed by atoms with Gasteiger partial charge in [-0.3, -0.25) is 4.79 Å². The van der Waals surface area contributed by atoms with Gasteiger partial charge in [-0.15, -0.1) is 0 Å². The summed E-state index contributed by atoms with van der Waals surface area (Å²) in [6.45, 7) is 7.81. The van der Waals surface area contributed by atoms with Gasteiger partial charge in [0.2, 0.25) is 0 Å². The summed E-state index contributed by atoms with van der Waals surface area (Å²) in [5.41, 5.74) is 1.76. The van der Waals surface area contributed by atoms with Crippen molar-refractivity contribution in [3.8, 4) is 11.5 Å². The summed E-state index contributed by atoms with van der Waals surface area (Å²) in [6.07, 6.45) is 0. The number of hydrogen-bond donors (Lipinski definition) is 0. The largest absolute Gasteiger partial charge is 0.495 e. The minimum atomic E-state index is 0.0599. The number of anilines is 1. The highest BCUT2D eigenvalue weighted by Crippen LogP contribution is 2.28. The van der Waals surface area contributed by atoms with Crippen LogP contribution < -0.4 is 14.4 Å². The molecular formula is C22H28N2O3. The van der Waals surface area contributed by atoms with Crippen molar-refractivity contribution in [1.82, 2.24) is 4.90 Å². The quantitative estimate of drug-likeness (QED) is 0.780. The van der Waals surface area contributed by atoms with Gasteiger partial charge in [-0.05, 0) is 36.2 Å². The van der Waals surface area contributed by atoms with E-state index in [9.17, 15) is 4.79 Å². The second-order valence-electron chi connectivity index (χ2n) is 7.18. The van der Waals surface area contributed by atoms with Gasteiger partial charge >= 0.3 is 0 Å². The molecular weight excluding hydrogens is 340 g/mol. The van der Waals surface area contributed by atoms with Crippen LogP contribution in [-0.2, 0) is 0 Å². The fourth-order valence-corrected chi connectivity index (χ4v) is 3.21. The SMILES string of the molecule is COc1ccccc1N1CCN(C(=O)c2cccc(OCC(C)C)c2)CC1. The number of ether oxygens (including phenoxy) is 2. The van der Waals surface area contributed by atoms with Gasteiger partial charge in [0, 0.05) is 31.7 Å². The molecule has 0 bridgehead atoms. The van der Waals surface area contributed by atoms with Gasteiger partial charge in [-0.2, -0.15) is 0 Å². The Hall–Kier alpha value is -2.69. The van der Waals surface area contributed by atoms with Crippen molar-refractivity contribution in [3.63, 3.8) is 0 Å². The van der Waals surface area contributed by atoms with E-state index in [-0.39, 0.29) is 5.91 Å². The van der Waals surface area contributed by atoms with Crippen molar-refractivity contribution in [3.05, 3.63) is 54.1 Å². The van der Waals surface area contributed by atoms with Gasteiger partial charge < -0.3 is 19.3 Å². The maximum absolute atomic E-state index is 12.9. The third-order valence-corrected chi connectivity index (χ3v) is 4.66.